The molecule has 1 N–H and O–H groups in total. The number of fused-ring (bicyclic) bond motifs is 1. The van der Waals surface area contributed by atoms with Crippen LogP contribution in [-0.2, 0) is 9.53 Å². The van der Waals surface area contributed by atoms with Crippen LogP contribution in [0.1, 0.15) is 6.92 Å². The highest BCUT2D eigenvalue weighted by Crippen LogP contribution is 2.14. The van der Waals surface area contributed by atoms with Gasteiger partial charge in [-0.1, -0.05) is 0 Å². The zero-order valence-corrected chi connectivity index (χ0v) is 7.25. The summed E-state index contributed by atoms with van der Waals surface area (Å²) >= 11 is 0. The smallest absolute Gasteiger partial charge is 0.251 e. The number of rotatable bonds is 0. The van der Waals surface area contributed by atoms with Crippen LogP contribution in [0.15, 0.2) is 0 Å². The van der Waals surface area contributed by atoms with Crippen LogP contribution in [0, 0.1) is 0 Å². The van der Waals surface area contributed by atoms with Gasteiger partial charge in [0.15, 0.2) is 0 Å². The fraction of sp³-hybridized carbons (Fsp3) is 0.875. The summed E-state index contributed by atoms with van der Waals surface area (Å²) in [6, 6.07) is 0.266. The van der Waals surface area contributed by atoms with E-state index in [0.717, 1.165) is 19.6 Å². The zero-order chi connectivity index (χ0) is 8.55. The summed E-state index contributed by atoms with van der Waals surface area (Å²) < 4.78 is 5.33. The third-order valence-electron chi connectivity index (χ3n) is 2.52. The van der Waals surface area contributed by atoms with Crippen molar-refractivity contribution in [3.63, 3.8) is 0 Å². The van der Waals surface area contributed by atoms with Crippen LogP contribution in [0.25, 0.3) is 0 Å². The Bertz CT molecular complexity index is 195. The van der Waals surface area contributed by atoms with E-state index in [1.54, 1.807) is 0 Å². The highest BCUT2D eigenvalue weighted by atomic mass is 16.5. The Morgan fingerprint density at radius 1 is 1.67 bits per heavy atom. The molecule has 2 atom stereocenters. The van der Waals surface area contributed by atoms with Crippen LogP contribution in [0.5, 0.6) is 0 Å². The Balaban J connectivity index is 2.08. The molecule has 0 spiro atoms. The predicted molar refractivity (Wildman–Crippen MR) is 43.8 cm³/mol. The lowest BCUT2D eigenvalue weighted by Crippen LogP contribution is -2.61. The number of carbonyl (C=O) groups excluding carboxylic acids is 1. The van der Waals surface area contributed by atoms with E-state index in [1.807, 2.05) is 11.8 Å². The lowest BCUT2D eigenvalue weighted by atomic mass is 10.1. The lowest BCUT2D eigenvalue weighted by molar-refractivity contribution is -0.159. The van der Waals surface area contributed by atoms with Crippen LogP contribution in [0.3, 0.4) is 0 Å². The molecule has 4 nitrogen and oxygen atoms in total. The predicted octanol–water partition coefficient (Wildman–Crippen LogP) is -0.794. The van der Waals surface area contributed by atoms with E-state index in [1.165, 1.54) is 0 Å². The first-order valence-corrected chi connectivity index (χ1v) is 4.42. The minimum Gasteiger partial charge on any atom is -0.366 e. The highest BCUT2D eigenvalue weighted by Gasteiger charge is 2.34. The fourth-order valence-electron chi connectivity index (χ4n) is 1.76. The fourth-order valence-corrected chi connectivity index (χ4v) is 1.76. The summed E-state index contributed by atoms with van der Waals surface area (Å²) in [7, 11) is 0. The first kappa shape index (κ1) is 8.01. The first-order chi connectivity index (χ1) is 5.79. The number of piperazine rings is 1. The van der Waals surface area contributed by atoms with E-state index in [4.69, 9.17) is 4.74 Å². The van der Waals surface area contributed by atoms with Crippen molar-refractivity contribution in [1.29, 1.82) is 0 Å². The molecule has 0 aliphatic carbocycles. The Morgan fingerprint density at radius 3 is 3.33 bits per heavy atom. The molecular weight excluding hydrogens is 156 g/mol. The molecule has 4 heteroatoms. The van der Waals surface area contributed by atoms with E-state index in [-0.39, 0.29) is 18.1 Å². The van der Waals surface area contributed by atoms with Gasteiger partial charge in [0.2, 0.25) is 0 Å². The summed E-state index contributed by atoms with van der Waals surface area (Å²) in [5, 5.41) is 3.25. The van der Waals surface area contributed by atoms with Crippen molar-refractivity contribution in [2.24, 2.45) is 0 Å². The van der Waals surface area contributed by atoms with Crippen LogP contribution in [-0.4, -0.2) is 49.2 Å². The van der Waals surface area contributed by atoms with Crippen LogP contribution in [0.4, 0.5) is 0 Å². The molecule has 2 aliphatic heterocycles. The second-order valence-electron chi connectivity index (χ2n) is 3.37. The van der Waals surface area contributed by atoms with Gasteiger partial charge in [0.05, 0.1) is 12.6 Å². The van der Waals surface area contributed by atoms with Gasteiger partial charge < -0.3 is 15.0 Å². The minimum absolute atomic E-state index is 0.146. The summed E-state index contributed by atoms with van der Waals surface area (Å²) in [6.45, 7) is 5.12. The van der Waals surface area contributed by atoms with Crippen molar-refractivity contribution in [3.05, 3.63) is 0 Å². The molecule has 0 aromatic carbocycles. The molecule has 0 aromatic heterocycles. The maximum atomic E-state index is 11.5. The SMILES string of the molecule is C[C@@H]1OC[C@@H]2CNCCN2C1=O. The molecule has 0 aromatic rings. The molecule has 0 radical (unpaired) electrons. The second kappa shape index (κ2) is 3.03. The number of nitrogens with one attached hydrogen (secondary N) is 1. The molecule has 2 fully saturated rings. The summed E-state index contributed by atoms with van der Waals surface area (Å²) in [6.07, 6.45) is -0.237. The molecule has 0 unspecified atom stereocenters. The molecule has 2 heterocycles. The molecule has 68 valence electrons. The second-order valence-corrected chi connectivity index (χ2v) is 3.37. The number of nitrogens with zero attached hydrogens (tertiary/aromatic N) is 1. The summed E-state index contributed by atoms with van der Waals surface area (Å²) in [4.78, 5) is 13.5. The molecule has 0 saturated carbocycles. The number of morpholine rings is 1. The van der Waals surface area contributed by atoms with E-state index in [0.29, 0.717) is 6.61 Å². The van der Waals surface area contributed by atoms with Gasteiger partial charge in [0.1, 0.15) is 6.10 Å². The largest absolute Gasteiger partial charge is 0.366 e. The Hall–Kier alpha value is -0.610. The molecule has 0 bridgehead atoms. The van der Waals surface area contributed by atoms with Gasteiger partial charge in [0.25, 0.3) is 5.91 Å². The van der Waals surface area contributed by atoms with Crippen molar-refractivity contribution >= 4 is 5.91 Å². The number of ether oxygens (including phenoxy) is 1. The summed E-state index contributed by atoms with van der Waals surface area (Å²) in [5.41, 5.74) is 0. The maximum absolute atomic E-state index is 11.5. The average Bonchev–Trinajstić information content (AvgIpc) is 2.12. The topological polar surface area (TPSA) is 41.6 Å². The maximum Gasteiger partial charge on any atom is 0.251 e. The number of hydrogen-bond donors (Lipinski definition) is 1. The van der Waals surface area contributed by atoms with Gasteiger partial charge in [-0.15, -0.1) is 0 Å². The van der Waals surface area contributed by atoms with Crippen LogP contribution >= 0.6 is 0 Å². The third-order valence-corrected chi connectivity index (χ3v) is 2.52. The molecule has 1 amide bonds. The van der Waals surface area contributed by atoms with Gasteiger partial charge in [0, 0.05) is 19.6 Å². The molecule has 2 rings (SSSR count). The normalized spacial score (nSPS) is 36.4. The van der Waals surface area contributed by atoms with Crippen molar-refractivity contribution in [2.45, 2.75) is 19.1 Å². The third kappa shape index (κ3) is 1.21. The van der Waals surface area contributed by atoms with Gasteiger partial charge in [-0.3, -0.25) is 4.79 Å². The minimum atomic E-state index is -0.237. The van der Waals surface area contributed by atoms with E-state index < -0.39 is 0 Å². The van der Waals surface area contributed by atoms with Crippen molar-refractivity contribution in [3.8, 4) is 0 Å². The average molecular weight is 170 g/mol. The van der Waals surface area contributed by atoms with Gasteiger partial charge >= 0.3 is 0 Å². The lowest BCUT2D eigenvalue weighted by Gasteiger charge is -2.41. The van der Waals surface area contributed by atoms with Crippen LogP contribution < -0.4 is 5.32 Å². The van der Waals surface area contributed by atoms with Gasteiger partial charge in [-0.2, -0.15) is 0 Å². The van der Waals surface area contributed by atoms with Gasteiger partial charge in [-0.25, -0.2) is 0 Å². The number of carbonyl (C=O) groups is 1. The molecule has 2 saturated heterocycles. The van der Waals surface area contributed by atoms with Crippen LogP contribution in [0.2, 0.25) is 0 Å². The Labute approximate surface area is 71.9 Å². The number of hydrogen-bond acceptors (Lipinski definition) is 3. The zero-order valence-electron chi connectivity index (χ0n) is 7.25. The van der Waals surface area contributed by atoms with Crippen molar-refractivity contribution < 1.29 is 9.53 Å². The van der Waals surface area contributed by atoms with E-state index in [9.17, 15) is 4.79 Å². The highest BCUT2D eigenvalue weighted by molar-refractivity contribution is 5.81. The standard InChI is InChI=1S/C8H14N2O2/c1-6-8(11)10-3-2-9-4-7(10)5-12-6/h6-7,9H,2-5H2,1H3/t6-,7-/m0/s1. The Morgan fingerprint density at radius 2 is 2.50 bits per heavy atom. The van der Waals surface area contributed by atoms with Gasteiger partial charge in [-0.05, 0) is 6.92 Å². The van der Waals surface area contributed by atoms with E-state index in [2.05, 4.69) is 5.32 Å². The molecular formula is C8H14N2O2. The monoisotopic (exact) mass is 170 g/mol. The van der Waals surface area contributed by atoms with E-state index >= 15 is 0 Å². The first-order valence-electron chi connectivity index (χ1n) is 4.42. The quantitative estimate of drug-likeness (QED) is 0.518. The Kier molecular flexibility index (Phi) is 2.02. The summed E-state index contributed by atoms with van der Waals surface area (Å²) in [5.74, 6) is 0.146. The van der Waals surface area contributed by atoms with Crippen molar-refractivity contribution in [1.82, 2.24) is 10.2 Å². The van der Waals surface area contributed by atoms with Crippen molar-refractivity contribution in [2.75, 3.05) is 26.2 Å². The molecule has 2 aliphatic rings. The number of amides is 1. The molecule has 12 heavy (non-hydrogen) atoms.